The minimum absolute atomic E-state index is 0.116. The van der Waals surface area contributed by atoms with E-state index >= 15 is 0 Å². The highest BCUT2D eigenvalue weighted by Gasteiger charge is 2.07. The van der Waals surface area contributed by atoms with Crippen LogP contribution in [0.1, 0.15) is 22.3 Å². The molecule has 0 atom stereocenters. The van der Waals surface area contributed by atoms with Crippen molar-refractivity contribution < 1.29 is 4.79 Å². The summed E-state index contributed by atoms with van der Waals surface area (Å²) < 4.78 is 0. The Hall–Kier alpha value is 0.140. The zero-order chi connectivity index (χ0) is 10.6. The summed E-state index contributed by atoms with van der Waals surface area (Å²) in [6.45, 7) is 0. The van der Waals surface area contributed by atoms with Gasteiger partial charge in [-0.2, -0.15) is 0 Å². The number of alkyl halides is 2. The van der Waals surface area contributed by atoms with Crippen molar-refractivity contribution >= 4 is 49.2 Å². The first-order valence-corrected chi connectivity index (χ1v) is 6.74. The molecule has 76 valence electrons. The topological polar surface area (TPSA) is 17.1 Å². The molecule has 4 heteroatoms. The molecule has 0 fully saturated rings. The predicted molar refractivity (Wildman–Crippen MR) is 66.8 cm³/mol. The average molecular weight is 340 g/mol. The number of carbonyl (C=O) groups is 1. The van der Waals surface area contributed by atoms with Crippen molar-refractivity contribution in [3.63, 3.8) is 0 Å². The molecule has 0 heterocycles. The average Bonchev–Trinajstić information content (AvgIpc) is 2.18. The lowest BCUT2D eigenvalue weighted by atomic mass is 10.1. The Morgan fingerprint density at radius 2 is 2.07 bits per heavy atom. The second-order valence-corrected chi connectivity index (χ2v) is 4.56. The molecule has 0 amide bonds. The zero-order valence-electron chi connectivity index (χ0n) is 7.40. The Kier molecular flexibility index (Phi) is 5.13. The molecule has 0 bridgehead atoms. The Labute approximate surface area is 105 Å². The standard InChI is InChI=1S/C10H9Br2ClO/c11-4-3-10(14)7-1-2-8(6-12)9(13)5-7/h1-2,5H,3-4,6H2. The Morgan fingerprint density at radius 1 is 1.36 bits per heavy atom. The summed E-state index contributed by atoms with van der Waals surface area (Å²) in [5.74, 6) is 0.116. The number of carbonyl (C=O) groups excluding carboxylic acids is 1. The van der Waals surface area contributed by atoms with Gasteiger partial charge in [-0.1, -0.05) is 55.6 Å². The zero-order valence-corrected chi connectivity index (χ0v) is 11.3. The first-order valence-electron chi connectivity index (χ1n) is 4.12. The third-order valence-electron chi connectivity index (χ3n) is 1.84. The lowest BCUT2D eigenvalue weighted by molar-refractivity contribution is 0.0990. The summed E-state index contributed by atoms with van der Waals surface area (Å²) in [6, 6.07) is 5.41. The van der Waals surface area contributed by atoms with Crippen LogP contribution in [0.3, 0.4) is 0 Å². The molecule has 1 nitrogen and oxygen atoms in total. The smallest absolute Gasteiger partial charge is 0.163 e. The van der Waals surface area contributed by atoms with Crippen molar-refractivity contribution in [2.24, 2.45) is 0 Å². The highest BCUT2D eigenvalue weighted by molar-refractivity contribution is 9.09. The van der Waals surface area contributed by atoms with Crippen molar-refractivity contribution in [3.05, 3.63) is 34.3 Å². The molecule has 0 spiro atoms. The van der Waals surface area contributed by atoms with Gasteiger partial charge < -0.3 is 0 Å². The van der Waals surface area contributed by atoms with Crippen LogP contribution in [0.15, 0.2) is 18.2 Å². The van der Waals surface area contributed by atoms with Gasteiger partial charge in [-0.05, 0) is 11.6 Å². The fourth-order valence-corrected chi connectivity index (χ4v) is 2.32. The van der Waals surface area contributed by atoms with E-state index in [1.165, 1.54) is 0 Å². The first kappa shape index (κ1) is 12.2. The number of Topliss-reactive ketones (excluding diaryl/α,β-unsaturated/α-hetero) is 1. The first-order chi connectivity index (χ1) is 6.69. The summed E-state index contributed by atoms with van der Waals surface area (Å²) in [4.78, 5) is 11.5. The van der Waals surface area contributed by atoms with Crippen LogP contribution in [0.2, 0.25) is 5.02 Å². The number of hydrogen-bond donors (Lipinski definition) is 0. The van der Waals surface area contributed by atoms with Gasteiger partial charge in [-0.25, -0.2) is 0 Å². The van der Waals surface area contributed by atoms with Crippen molar-refractivity contribution in [3.8, 4) is 0 Å². The molecule has 1 aromatic carbocycles. The summed E-state index contributed by atoms with van der Waals surface area (Å²) in [7, 11) is 0. The van der Waals surface area contributed by atoms with Gasteiger partial charge in [0.25, 0.3) is 0 Å². The second kappa shape index (κ2) is 5.89. The highest BCUT2D eigenvalue weighted by Crippen LogP contribution is 2.21. The maximum Gasteiger partial charge on any atom is 0.163 e. The van der Waals surface area contributed by atoms with Crippen molar-refractivity contribution in [1.29, 1.82) is 0 Å². The van der Waals surface area contributed by atoms with E-state index in [9.17, 15) is 4.79 Å². The monoisotopic (exact) mass is 338 g/mol. The molecule has 0 aliphatic carbocycles. The van der Waals surface area contributed by atoms with Gasteiger partial charge in [0.05, 0.1) is 0 Å². The van der Waals surface area contributed by atoms with E-state index in [1.807, 2.05) is 12.1 Å². The SMILES string of the molecule is O=C(CCBr)c1ccc(CBr)c(Cl)c1. The Bertz CT molecular complexity index is 339. The van der Waals surface area contributed by atoms with Crippen molar-refractivity contribution in [2.45, 2.75) is 11.8 Å². The largest absolute Gasteiger partial charge is 0.294 e. The molecular weight excluding hydrogens is 331 g/mol. The van der Waals surface area contributed by atoms with E-state index in [4.69, 9.17) is 11.6 Å². The summed E-state index contributed by atoms with van der Waals surface area (Å²) in [5.41, 5.74) is 1.68. The molecule has 0 aliphatic heterocycles. The number of ketones is 1. The minimum Gasteiger partial charge on any atom is -0.294 e. The molecule has 14 heavy (non-hydrogen) atoms. The number of benzene rings is 1. The normalized spacial score (nSPS) is 10.2. The predicted octanol–water partition coefficient (Wildman–Crippen LogP) is 4.20. The summed E-state index contributed by atoms with van der Waals surface area (Å²) in [5, 5.41) is 2.03. The molecule has 0 aromatic heterocycles. The molecule has 0 N–H and O–H groups in total. The van der Waals surface area contributed by atoms with E-state index in [-0.39, 0.29) is 5.78 Å². The molecule has 1 aromatic rings. The van der Waals surface area contributed by atoms with Crippen LogP contribution in [0.5, 0.6) is 0 Å². The molecule has 1 rings (SSSR count). The molecule has 0 saturated carbocycles. The van der Waals surface area contributed by atoms with E-state index in [0.29, 0.717) is 27.7 Å². The van der Waals surface area contributed by atoms with E-state index in [2.05, 4.69) is 31.9 Å². The van der Waals surface area contributed by atoms with E-state index < -0.39 is 0 Å². The van der Waals surface area contributed by atoms with Crippen LogP contribution in [-0.4, -0.2) is 11.1 Å². The Morgan fingerprint density at radius 3 is 2.57 bits per heavy atom. The van der Waals surface area contributed by atoms with Gasteiger partial charge in [-0.3, -0.25) is 4.79 Å². The van der Waals surface area contributed by atoms with Crippen molar-refractivity contribution in [2.75, 3.05) is 5.33 Å². The number of hydrogen-bond acceptors (Lipinski definition) is 1. The van der Waals surface area contributed by atoms with Gasteiger partial charge >= 0.3 is 0 Å². The third kappa shape index (κ3) is 3.07. The molecule has 0 unspecified atom stereocenters. The minimum atomic E-state index is 0.116. The third-order valence-corrected chi connectivity index (χ3v) is 3.19. The summed E-state index contributed by atoms with van der Waals surface area (Å²) >= 11 is 12.5. The van der Waals surface area contributed by atoms with Crippen LogP contribution in [0.4, 0.5) is 0 Å². The van der Waals surface area contributed by atoms with Crippen molar-refractivity contribution in [1.82, 2.24) is 0 Å². The van der Waals surface area contributed by atoms with Crippen LogP contribution in [0, 0.1) is 0 Å². The van der Waals surface area contributed by atoms with Crippen LogP contribution in [0.25, 0.3) is 0 Å². The van der Waals surface area contributed by atoms with Crippen LogP contribution < -0.4 is 0 Å². The fraction of sp³-hybridized carbons (Fsp3) is 0.300. The van der Waals surface area contributed by atoms with Gasteiger partial charge in [-0.15, -0.1) is 0 Å². The number of rotatable bonds is 4. The molecule has 0 saturated heterocycles. The van der Waals surface area contributed by atoms with E-state index in [0.717, 1.165) is 5.56 Å². The number of halogens is 3. The lowest BCUT2D eigenvalue weighted by Crippen LogP contribution is -1.99. The second-order valence-electron chi connectivity index (χ2n) is 2.80. The van der Waals surface area contributed by atoms with Gasteiger partial charge in [0.2, 0.25) is 0 Å². The molecule has 0 aliphatic rings. The quantitative estimate of drug-likeness (QED) is 0.593. The van der Waals surface area contributed by atoms with Gasteiger partial charge in [0, 0.05) is 27.7 Å². The maximum absolute atomic E-state index is 11.5. The highest BCUT2D eigenvalue weighted by atomic mass is 79.9. The maximum atomic E-state index is 11.5. The van der Waals surface area contributed by atoms with Crippen LogP contribution in [-0.2, 0) is 5.33 Å². The summed E-state index contributed by atoms with van der Waals surface area (Å²) in [6.07, 6.45) is 0.504. The van der Waals surface area contributed by atoms with Crippen LogP contribution >= 0.6 is 43.5 Å². The van der Waals surface area contributed by atoms with Gasteiger partial charge in [0.15, 0.2) is 5.78 Å². The molecular formula is C10H9Br2ClO. The van der Waals surface area contributed by atoms with E-state index in [1.54, 1.807) is 6.07 Å². The lowest BCUT2D eigenvalue weighted by Gasteiger charge is -2.03. The van der Waals surface area contributed by atoms with Gasteiger partial charge in [0.1, 0.15) is 0 Å². The molecule has 0 radical (unpaired) electrons. The fourth-order valence-electron chi connectivity index (χ4n) is 1.06. The Balaban J connectivity index is 2.91.